The molecule has 0 spiro atoms. The molecular formula is C10H20BrN5. The van der Waals surface area contributed by atoms with E-state index >= 15 is 0 Å². The zero-order valence-electron chi connectivity index (χ0n) is 10.1. The summed E-state index contributed by atoms with van der Waals surface area (Å²) in [4.78, 5) is 2.14. The molecule has 0 aliphatic carbocycles. The van der Waals surface area contributed by atoms with E-state index in [-0.39, 0.29) is 6.04 Å². The van der Waals surface area contributed by atoms with Gasteiger partial charge in [-0.25, -0.2) is 0 Å². The van der Waals surface area contributed by atoms with Crippen LogP contribution in [0, 0.1) is 0 Å². The summed E-state index contributed by atoms with van der Waals surface area (Å²) in [5.41, 5.74) is 3.94. The van der Waals surface area contributed by atoms with Crippen LogP contribution in [0.15, 0.2) is 10.7 Å². The lowest BCUT2D eigenvalue weighted by molar-refractivity contribution is 0.361. The van der Waals surface area contributed by atoms with Crippen LogP contribution in [0.25, 0.3) is 0 Å². The van der Waals surface area contributed by atoms with Crippen LogP contribution in [0.2, 0.25) is 0 Å². The van der Waals surface area contributed by atoms with Crippen molar-refractivity contribution in [3.8, 4) is 0 Å². The number of aromatic nitrogens is 2. The third kappa shape index (κ3) is 3.28. The summed E-state index contributed by atoms with van der Waals surface area (Å²) in [6.07, 6.45) is 2.76. The summed E-state index contributed by atoms with van der Waals surface area (Å²) >= 11 is 3.51. The number of likely N-dealkylation sites (N-methyl/N-ethyl adjacent to an activating group) is 1. The second kappa shape index (κ2) is 6.34. The summed E-state index contributed by atoms with van der Waals surface area (Å²) in [6, 6.07) is 0.138. The van der Waals surface area contributed by atoms with E-state index in [1.165, 1.54) is 0 Å². The minimum atomic E-state index is 0.138. The first-order chi connectivity index (χ1) is 7.60. The van der Waals surface area contributed by atoms with Crippen molar-refractivity contribution >= 4 is 15.9 Å². The molecule has 1 rings (SSSR count). The molecule has 0 amide bonds. The summed E-state index contributed by atoms with van der Waals surface area (Å²) < 4.78 is 3.01. The van der Waals surface area contributed by atoms with Gasteiger partial charge >= 0.3 is 0 Å². The summed E-state index contributed by atoms with van der Waals surface area (Å²) in [6.45, 7) is 3.93. The Kier molecular flexibility index (Phi) is 5.40. The molecule has 0 saturated carbocycles. The Morgan fingerprint density at radius 1 is 1.62 bits per heavy atom. The Labute approximate surface area is 105 Å². The number of nitrogens with two attached hydrogens (primary N) is 1. The standard InChI is InChI=1S/C10H20BrN5/c1-4-9(14-12)10-8(11)7-13-16(10)6-5-15(2)3/h7,9,14H,4-6,12H2,1-3H3. The molecule has 0 bridgehead atoms. The molecule has 16 heavy (non-hydrogen) atoms. The van der Waals surface area contributed by atoms with Crippen molar-refractivity contribution in [1.82, 2.24) is 20.1 Å². The van der Waals surface area contributed by atoms with Gasteiger partial charge in [0.2, 0.25) is 0 Å². The molecule has 0 aliphatic heterocycles. The Balaban J connectivity index is 2.84. The Hall–Kier alpha value is -0.430. The average molecular weight is 290 g/mol. The Bertz CT molecular complexity index is 319. The van der Waals surface area contributed by atoms with Gasteiger partial charge in [-0.15, -0.1) is 0 Å². The van der Waals surface area contributed by atoms with E-state index in [4.69, 9.17) is 5.84 Å². The molecule has 0 aromatic carbocycles. The summed E-state index contributed by atoms with van der Waals surface area (Å²) in [7, 11) is 4.10. The average Bonchev–Trinajstić information content (AvgIpc) is 2.60. The van der Waals surface area contributed by atoms with E-state index in [9.17, 15) is 0 Å². The van der Waals surface area contributed by atoms with E-state index < -0.39 is 0 Å². The lowest BCUT2D eigenvalue weighted by Gasteiger charge is -2.18. The predicted molar refractivity (Wildman–Crippen MR) is 68.8 cm³/mol. The first-order valence-electron chi connectivity index (χ1n) is 5.42. The third-order valence-corrected chi connectivity index (χ3v) is 3.14. The van der Waals surface area contributed by atoms with Crippen LogP contribution in [0.4, 0.5) is 0 Å². The summed E-state index contributed by atoms with van der Waals surface area (Å²) in [5, 5.41) is 4.35. The van der Waals surface area contributed by atoms with E-state index in [0.717, 1.165) is 29.7 Å². The van der Waals surface area contributed by atoms with Crippen molar-refractivity contribution in [1.29, 1.82) is 0 Å². The molecular weight excluding hydrogens is 270 g/mol. The molecule has 1 aromatic heterocycles. The number of halogens is 1. The maximum Gasteiger partial charge on any atom is 0.0709 e. The van der Waals surface area contributed by atoms with Gasteiger partial charge in [0, 0.05) is 6.54 Å². The van der Waals surface area contributed by atoms with Gasteiger partial charge in [0.25, 0.3) is 0 Å². The van der Waals surface area contributed by atoms with E-state index in [0.29, 0.717) is 0 Å². The van der Waals surface area contributed by atoms with Gasteiger partial charge in [0.05, 0.1) is 29.0 Å². The molecule has 0 aliphatic rings. The lowest BCUT2D eigenvalue weighted by atomic mass is 10.1. The molecule has 5 nitrogen and oxygen atoms in total. The molecule has 6 heteroatoms. The Morgan fingerprint density at radius 3 is 2.81 bits per heavy atom. The monoisotopic (exact) mass is 289 g/mol. The van der Waals surface area contributed by atoms with Crippen LogP contribution >= 0.6 is 15.9 Å². The number of hydrogen-bond acceptors (Lipinski definition) is 4. The molecule has 1 heterocycles. The largest absolute Gasteiger partial charge is 0.308 e. The van der Waals surface area contributed by atoms with Gasteiger partial charge in [-0.05, 0) is 36.4 Å². The number of nitrogens with one attached hydrogen (secondary N) is 1. The topological polar surface area (TPSA) is 59.1 Å². The van der Waals surface area contributed by atoms with Crippen LogP contribution in [-0.4, -0.2) is 35.3 Å². The van der Waals surface area contributed by atoms with E-state index in [1.54, 1.807) is 0 Å². The quantitative estimate of drug-likeness (QED) is 0.609. The van der Waals surface area contributed by atoms with Gasteiger partial charge in [-0.3, -0.25) is 16.0 Å². The second-order valence-corrected chi connectivity index (χ2v) is 4.89. The third-order valence-electron chi connectivity index (χ3n) is 2.53. The number of hydrazine groups is 1. The van der Waals surface area contributed by atoms with Gasteiger partial charge in [-0.1, -0.05) is 6.92 Å². The molecule has 0 saturated heterocycles. The molecule has 1 unspecified atom stereocenters. The van der Waals surface area contributed by atoms with Gasteiger partial charge in [-0.2, -0.15) is 5.10 Å². The highest BCUT2D eigenvalue weighted by molar-refractivity contribution is 9.10. The van der Waals surface area contributed by atoms with Gasteiger partial charge in [0.1, 0.15) is 0 Å². The fraction of sp³-hybridized carbons (Fsp3) is 0.700. The molecule has 3 N–H and O–H groups in total. The highest BCUT2D eigenvalue weighted by Gasteiger charge is 2.17. The van der Waals surface area contributed by atoms with Crippen LogP contribution in [0.1, 0.15) is 25.1 Å². The fourth-order valence-corrected chi connectivity index (χ4v) is 2.15. The first-order valence-corrected chi connectivity index (χ1v) is 6.21. The van der Waals surface area contributed by atoms with Crippen molar-refractivity contribution in [2.24, 2.45) is 5.84 Å². The number of hydrogen-bond donors (Lipinski definition) is 2. The number of rotatable bonds is 6. The van der Waals surface area contributed by atoms with Crippen LogP contribution in [-0.2, 0) is 6.54 Å². The van der Waals surface area contributed by atoms with Crippen molar-refractivity contribution in [3.05, 3.63) is 16.4 Å². The van der Waals surface area contributed by atoms with Crippen molar-refractivity contribution < 1.29 is 0 Å². The number of nitrogens with zero attached hydrogens (tertiary/aromatic N) is 3. The molecule has 92 valence electrons. The maximum absolute atomic E-state index is 5.55. The van der Waals surface area contributed by atoms with Gasteiger partial charge in [0.15, 0.2) is 0 Å². The molecule has 1 aromatic rings. The minimum Gasteiger partial charge on any atom is -0.308 e. The smallest absolute Gasteiger partial charge is 0.0709 e. The van der Waals surface area contributed by atoms with Crippen molar-refractivity contribution in [3.63, 3.8) is 0 Å². The molecule has 1 atom stereocenters. The zero-order valence-corrected chi connectivity index (χ0v) is 11.7. The zero-order chi connectivity index (χ0) is 12.1. The van der Waals surface area contributed by atoms with Crippen molar-refractivity contribution in [2.45, 2.75) is 25.9 Å². The second-order valence-electron chi connectivity index (χ2n) is 4.03. The first kappa shape index (κ1) is 13.6. The van der Waals surface area contributed by atoms with Crippen molar-refractivity contribution in [2.75, 3.05) is 20.6 Å². The summed E-state index contributed by atoms with van der Waals surface area (Å²) in [5.74, 6) is 5.55. The van der Waals surface area contributed by atoms with E-state index in [1.807, 2.05) is 10.9 Å². The minimum absolute atomic E-state index is 0.138. The highest BCUT2D eigenvalue weighted by Crippen LogP contribution is 2.24. The van der Waals surface area contributed by atoms with Gasteiger partial charge < -0.3 is 4.90 Å². The molecule has 0 radical (unpaired) electrons. The van der Waals surface area contributed by atoms with Crippen LogP contribution < -0.4 is 11.3 Å². The maximum atomic E-state index is 5.55. The molecule has 0 fully saturated rings. The lowest BCUT2D eigenvalue weighted by Crippen LogP contribution is -2.30. The Morgan fingerprint density at radius 2 is 2.31 bits per heavy atom. The van der Waals surface area contributed by atoms with E-state index in [2.05, 4.69) is 52.4 Å². The normalized spacial score (nSPS) is 13.4. The van der Waals surface area contributed by atoms with Crippen LogP contribution in [0.3, 0.4) is 0 Å². The van der Waals surface area contributed by atoms with Crippen LogP contribution in [0.5, 0.6) is 0 Å². The predicted octanol–water partition coefficient (Wildman–Crippen LogP) is 1.12. The highest BCUT2D eigenvalue weighted by atomic mass is 79.9. The fourth-order valence-electron chi connectivity index (χ4n) is 1.58. The SMILES string of the molecule is CCC(NN)c1c(Br)cnn1CCN(C)C.